The number of aliphatic hydroxyl groups is 2. The number of carbonyl (C=O) groups is 2. The lowest BCUT2D eigenvalue weighted by molar-refractivity contribution is -0.226. The van der Waals surface area contributed by atoms with Crippen LogP contribution in [0.5, 0.6) is 0 Å². The molecule has 0 bridgehead atoms. The summed E-state index contributed by atoms with van der Waals surface area (Å²) in [5.41, 5.74) is 10.3. The van der Waals surface area contributed by atoms with Crippen molar-refractivity contribution in [1.82, 2.24) is 0 Å². The minimum Gasteiger partial charge on any atom is -0.461 e. The van der Waals surface area contributed by atoms with Crippen LogP contribution in [0, 0.1) is 56.7 Å². The molecular weight excluding hydrogens is 620 g/mol. The van der Waals surface area contributed by atoms with Crippen molar-refractivity contribution in [2.45, 2.75) is 182 Å². The van der Waals surface area contributed by atoms with E-state index in [4.69, 9.17) is 25.7 Å². The molecule has 6 rings (SSSR count). The van der Waals surface area contributed by atoms with Crippen LogP contribution in [0.1, 0.15) is 134 Å². The number of carbonyl (C=O) groups excluding carboxylic acids is 2. The summed E-state index contributed by atoms with van der Waals surface area (Å²) in [4.78, 5) is 26.9. The molecule has 14 atom stereocenters. The van der Waals surface area contributed by atoms with Gasteiger partial charge in [0.05, 0.1) is 23.4 Å². The summed E-state index contributed by atoms with van der Waals surface area (Å²) in [6.07, 6.45) is 6.20. The van der Waals surface area contributed by atoms with Crippen LogP contribution in [0.2, 0.25) is 0 Å². The Bertz CT molecular complexity index is 1330. The molecule has 0 aromatic rings. The molecule has 0 aromatic heterocycles. The highest BCUT2D eigenvalue weighted by Crippen LogP contribution is 2.89. The average Bonchev–Trinajstić information content (AvgIpc) is 3.35. The maximum absolute atomic E-state index is 13.7. The Morgan fingerprint density at radius 1 is 0.816 bits per heavy atom. The third-order valence-corrected chi connectivity index (χ3v) is 16.2. The predicted octanol–water partition coefficient (Wildman–Crippen LogP) is 5.51. The fourth-order valence-electron chi connectivity index (χ4n) is 13.4. The van der Waals surface area contributed by atoms with Gasteiger partial charge in [-0.15, -0.1) is 0 Å². The first-order valence-electron chi connectivity index (χ1n) is 19.4. The molecule has 0 amide bonds. The molecule has 1 saturated heterocycles. The summed E-state index contributed by atoms with van der Waals surface area (Å²) >= 11 is 0. The van der Waals surface area contributed by atoms with Crippen molar-refractivity contribution in [2.24, 2.45) is 68.1 Å². The van der Waals surface area contributed by atoms with Crippen LogP contribution >= 0.6 is 0 Å². The molecule has 0 aromatic carbocycles. The van der Waals surface area contributed by atoms with Gasteiger partial charge in [0.25, 0.3) is 0 Å². The molecule has 5 saturated carbocycles. The van der Waals surface area contributed by atoms with Gasteiger partial charge in [0.15, 0.2) is 0 Å². The lowest BCUT2D eigenvalue weighted by Crippen LogP contribution is -2.63. The van der Waals surface area contributed by atoms with Gasteiger partial charge in [-0.2, -0.15) is 0 Å². The van der Waals surface area contributed by atoms with E-state index < -0.39 is 34.8 Å². The van der Waals surface area contributed by atoms with Crippen LogP contribution < -0.4 is 11.5 Å². The maximum atomic E-state index is 13.7. The number of hydrogen-bond donors (Lipinski definition) is 4. The second-order valence-electron chi connectivity index (χ2n) is 20.3. The quantitative estimate of drug-likeness (QED) is 0.242. The predicted molar refractivity (Wildman–Crippen MR) is 188 cm³/mol. The number of rotatable bonds is 8. The number of aliphatic hydroxyl groups excluding tert-OH is 1. The van der Waals surface area contributed by atoms with Crippen LogP contribution in [0.15, 0.2) is 0 Å². The van der Waals surface area contributed by atoms with Crippen LogP contribution in [0.25, 0.3) is 0 Å². The summed E-state index contributed by atoms with van der Waals surface area (Å²) in [5.74, 6) is -0.648. The first-order valence-corrected chi connectivity index (χ1v) is 19.4. The van der Waals surface area contributed by atoms with Gasteiger partial charge in [0, 0.05) is 17.3 Å². The Hall–Kier alpha value is -1.26. The molecule has 0 radical (unpaired) electrons. The highest BCUT2D eigenvalue weighted by molar-refractivity contribution is 5.76. The molecule has 2 spiro atoms. The first-order chi connectivity index (χ1) is 22.4. The monoisotopic (exact) mass is 689 g/mol. The molecular formula is C40H68N2O7. The zero-order chi connectivity index (χ0) is 36.5. The van der Waals surface area contributed by atoms with Crippen molar-refractivity contribution < 1.29 is 34.0 Å². The Kier molecular flexibility index (Phi) is 8.89. The summed E-state index contributed by atoms with van der Waals surface area (Å²) in [6, 6.07) is -1.41. The van der Waals surface area contributed by atoms with Crippen LogP contribution in [-0.2, 0) is 23.8 Å². The van der Waals surface area contributed by atoms with Crippen molar-refractivity contribution >= 4 is 11.9 Å². The minimum absolute atomic E-state index is 0.000284. The van der Waals surface area contributed by atoms with E-state index in [0.29, 0.717) is 12.8 Å². The van der Waals surface area contributed by atoms with Gasteiger partial charge >= 0.3 is 11.9 Å². The molecule has 49 heavy (non-hydrogen) atoms. The minimum atomic E-state index is -0.950. The smallest absolute Gasteiger partial charge is 0.323 e. The molecule has 9 heteroatoms. The molecule has 6 fully saturated rings. The zero-order valence-corrected chi connectivity index (χ0v) is 32.3. The summed E-state index contributed by atoms with van der Waals surface area (Å²) in [7, 11) is 0. The van der Waals surface area contributed by atoms with Crippen molar-refractivity contribution in [3.8, 4) is 0 Å². The highest BCUT2D eigenvalue weighted by atomic mass is 16.6. The third-order valence-electron chi connectivity index (χ3n) is 16.2. The molecule has 6 aliphatic rings. The molecule has 6 N–H and O–H groups in total. The van der Waals surface area contributed by atoms with E-state index in [1.54, 1.807) is 0 Å². The average molecular weight is 689 g/mol. The fraction of sp³-hybridized carbons (Fsp3) is 0.950. The maximum Gasteiger partial charge on any atom is 0.323 e. The molecule has 7 unspecified atom stereocenters. The number of fused-ring (bicyclic) bond motifs is 2. The third kappa shape index (κ3) is 5.23. The number of hydrogen-bond acceptors (Lipinski definition) is 9. The number of nitrogens with two attached hydrogens (primary N) is 2. The van der Waals surface area contributed by atoms with E-state index in [2.05, 4.69) is 34.6 Å². The topological polar surface area (TPSA) is 154 Å². The van der Waals surface area contributed by atoms with Gasteiger partial charge in [-0.05, 0) is 118 Å². The Morgan fingerprint density at radius 2 is 1.41 bits per heavy atom. The molecule has 1 aliphatic heterocycles. The zero-order valence-electron chi connectivity index (χ0n) is 32.3. The number of esters is 2. The van der Waals surface area contributed by atoms with Gasteiger partial charge < -0.3 is 35.9 Å². The molecule has 1 heterocycles. The largest absolute Gasteiger partial charge is 0.461 e. The van der Waals surface area contributed by atoms with E-state index >= 15 is 0 Å². The van der Waals surface area contributed by atoms with Crippen LogP contribution in [0.3, 0.4) is 0 Å². The van der Waals surface area contributed by atoms with E-state index in [1.807, 2.05) is 41.5 Å². The molecule has 5 aliphatic carbocycles. The second-order valence-corrected chi connectivity index (χ2v) is 20.3. The lowest BCUT2D eigenvalue weighted by Gasteiger charge is -2.64. The Labute approximate surface area is 295 Å². The Balaban J connectivity index is 1.37. The van der Waals surface area contributed by atoms with Gasteiger partial charge in [-0.1, -0.05) is 55.4 Å². The number of ether oxygens (including phenoxy) is 3. The molecule has 9 nitrogen and oxygen atoms in total. The van der Waals surface area contributed by atoms with E-state index in [-0.39, 0.29) is 81.5 Å². The van der Waals surface area contributed by atoms with Gasteiger partial charge in [0.2, 0.25) is 0 Å². The first kappa shape index (κ1) is 37.5. The normalized spacial score (nSPS) is 48.2. The standard InChI is InChI=1S/C40H68N2O7/c1-21(2)28(41)32(44)47-24-18-25-37(10)19-23(43)30(38(11)14-12-27(49-38)35(7,8)46)36(37,9)16-17-39(25)20-40(39)15-13-26(34(5,6)31(24)40)48-33(45)29(42)22(3)4/h21-31,43,46H,12-20,41-42H2,1-11H3/t23-,24-,25?,26-,27?,28?,29?,30-,31-,36+,37-,38?,39?,40?/m0/s1. The SMILES string of the molecule is CC(C)C(N)C(=O)O[C@H]1CC2C3(CC[C@]4(C)[C@@H](C5(C)CCC(C(C)(C)O)O5)[C@@H](O)C[C@@]24C)CC32CC[C@H](OC(=O)C(N)C(C)C)C(C)(C)[C@H]12. The van der Waals surface area contributed by atoms with Crippen LogP contribution in [0.4, 0.5) is 0 Å². The lowest BCUT2D eigenvalue weighted by atomic mass is 9.41. The fourth-order valence-corrected chi connectivity index (χ4v) is 13.4. The van der Waals surface area contributed by atoms with E-state index in [1.165, 1.54) is 0 Å². The summed E-state index contributed by atoms with van der Waals surface area (Å²) < 4.78 is 19.6. The van der Waals surface area contributed by atoms with Crippen molar-refractivity contribution in [3.63, 3.8) is 0 Å². The van der Waals surface area contributed by atoms with E-state index in [9.17, 15) is 19.8 Å². The van der Waals surface area contributed by atoms with Crippen LogP contribution in [-0.4, -0.2) is 69.9 Å². The Morgan fingerprint density at radius 3 is 1.96 bits per heavy atom. The molecule has 280 valence electrons. The van der Waals surface area contributed by atoms with Gasteiger partial charge in [-0.3, -0.25) is 9.59 Å². The van der Waals surface area contributed by atoms with E-state index in [0.717, 1.165) is 44.9 Å². The summed E-state index contributed by atoms with van der Waals surface area (Å²) in [6.45, 7) is 22.8. The van der Waals surface area contributed by atoms with Crippen molar-refractivity contribution in [1.29, 1.82) is 0 Å². The van der Waals surface area contributed by atoms with Crippen molar-refractivity contribution in [3.05, 3.63) is 0 Å². The van der Waals surface area contributed by atoms with Gasteiger partial charge in [-0.25, -0.2) is 0 Å². The van der Waals surface area contributed by atoms with Gasteiger partial charge in [0.1, 0.15) is 24.3 Å². The van der Waals surface area contributed by atoms with Crippen molar-refractivity contribution in [2.75, 3.05) is 0 Å². The highest BCUT2D eigenvalue weighted by Gasteiger charge is 2.85. The summed E-state index contributed by atoms with van der Waals surface area (Å²) in [5, 5.41) is 23.0. The second kappa shape index (κ2) is 11.6.